The van der Waals surface area contributed by atoms with E-state index in [-0.39, 0.29) is 23.2 Å². The van der Waals surface area contributed by atoms with Crippen molar-refractivity contribution in [1.82, 2.24) is 5.32 Å². The summed E-state index contributed by atoms with van der Waals surface area (Å²) in [5.41, 5.74) is 1.84. The first-order chi connectivity index (χ1) is 11.4. The van der Waals surface area contributed by atoms with Gasteiger partial charge in [0.2, 0.25) is 5.91 Å². The van der Waals surface area contributed by atoms with Gasteiger partial charge in [0, 0.05) is 12.5 Å². The van der Waals surface area contributed by atoms with Crippen molar-refractivity contribution in [2.45, 2.75) is 51.5 Å². The monoisotopic (exact) mass is 327 g/mol. The largest absolute Gasteiger partial charge is 0.354 e. The van der Waals surface area contributed by atoms with Gasteiger partial charge < -0.3 is 5.32 Å². The van der Waals surface area contributed by atoms with Gasteiger partial charge >= 0.3 is 0 Å². The van der Waals surface area contributed by atoms with E-state index in [0.717, 1.165) is 6.42 Å². The first-order valence-corrected chi connectivity index (χ1v) is 8.47. The lowest BCUT2D eigenvalue weighted by molar-refractivity contribution is -0.121. The molecule has 0 unspecified atom stereocenters. The number of benzene rings is 2. The van der Waals surface area contributed by atoms with Crippen LogP contribution in [0, 0.1) is 5.82 Å². The molecular weight excluding hydrogens is 301 g/mol. The van der Waals surface area contributed by atoms with Crippen LogP contribution >= 0.6 is 0 Å². The molecule has 1 atom stereocenters. The van der Waals surface area contributed by atoms with Crippen molar-refractivity contribution in [3.63, 3.8) is 0 Å². The van der Waals surface area contributed by atoms with E-state index in [2.05, 4.69) is 31.3 Å². The predicted octanol–water partition coefficient (Wildman–Crippen LogP) is 4.63. The van der Waals surface area contributed by atoms with E-state index in [4.69, 9.17) is 0 Å². The highest BCUT2D eigenvalue weighted by atomic mass is 19.1. The number of hydrogen-bond acceptors (Lipinski definition) is 1. The van der Waals surface area contributed by atoms with Gasteiger partial charge in [-0.05, 0) is 42.4 Å². The fourth-order valence-electron chi connectivity index (χ4n) is 3.12. The summed E-state index contributed by atoms with van der Waals surface area (Å²) in [6, 6.07) is 17.0. The van der Waals surface area contributed by atoms with Gasteiger partial charge in [0.15, 0.2) is 0 Å². The van der Waals surface area contributed by atoms with Gasteiger partial charge in [0.25, 0.3) is 0 Å². The van der Waals surface area contributed by atoms with E-state index in [1.807, 2.05) is 25.1 Å². The van der Waals surface area contributed by atoms with E-state index < -0.39 is 0 Å². The molecular formula is C21H26FNO. The molecule has 2 aromatic rings. The van der Waals surface area contributed by atoms with Gasteiger partial charge in [-0.2, -0.15) is 0 Å². The molecule has 0 radical (unpaired) electrons. The van der Waals surface area contributed by atoms with Gasteiger partial charge in [-0.1, -0.05) is 62.4 Å². The van der Waals surface area contributed by atoms with Crippen LogP contribution in [0.5, 0.6) is 0 Å². The zero-order chi connectivity index (χ0) is 17.6. The highest BCUT2D eigenvalue weighted by Gasteiger charge is 2.23. The van der Waals surface area contributed by atoms with E-state index in [1.54, 1.807) is 18.2 Å². The van der Waals surface area contributed by atoms with Crippen molar-refractivity contribution in [3.05, 3.63) is 71.5 Å². The number of aryl methyl sites for hydroxylation is 1. The summed E-state index contributed by atoms with van der Waals surface area (Å²) in [6.45, 7) is 6.39. The average molecular weight is 327 g/mol. The number of carbonyl (C=O) groups excluding carboxylic acids is 1. The lowest BCUT2D eigenvalue weighted by atomic mass is 9.79. The van der Waals surface area contributed by atoms with E-state index in [1.165, 1.54) is 11.6 Å². The first-order valence-electron chi connectivity index (χ1n) is 8.47. The van der Waals surface area contributed by atoms with Crippen LogP contribution in [0.15, 0.2) is 54.6 Å². The highest BCUT2D eigenvalue weighted by Crippen LogP contribution is 2.28. The minimum Gasteiger partial charge on any atom is -0.354 e. The molecule has 3 heteroatoms. The third kappa shape index (κ3) is 5.19. The van der Waals surface area contributed by atoms with Crippen molar-refractivity contribution in [2.75, 3.05) is 0 Å². The van der Waals surface area contributed by atoms with Crippen LogP contribution in [0.2, 0.25) is 0 Å². The fraction of sp³-hybridized carbons (Fsp3) is 0.381. The number of carbonyl (C=O) groups is 1. The molecule has 1 amide bonds. The molecule has 128 valence electrons. The molecule has 0 fully saturated rings. The average Bonchev–Trinajstić information content (AvgIpc) is 2.54. The molecule has 0 aliphatic carbocycles. The molecule has 0 bridgehead atoms. The first kappa shape index (κ1) is 18.2. The molecule has 0 saturated heterocycles. The van der Waals surface area contributed by atoms with Gasteiger partial charge in [0.1, 0.15) is 5.82 Å². The Balaban J connectivity index is 1.84. The van der Waals surface area contributed by atoms with E-state index >= 15 is 0 Å². The number of hydrogen-bond donors (Lipinski definition) is 1. The van der Waals surface area contributed by atoms with Gasteiger partial charge in [-0.3, -0.25) is 4.79 Å². The summed E-state index contributed by atoms with van der Waals surface area (Å²) in [5.74, 6) is -0.279. The van der Waals surface area contributed by atoms with Crippen LogP contribution in [-0.4, -0.2) is 11.9 Å². The topological polar surface area (TPSA) is 29.1 Å². The maximum absolute atomic E-state index is 13.6. The summed E-state index contributed by atoms with van der Waals surface area (Å²) in [4.78, 5) is 12.1. The Bertz CT molecular complexity index is 667. The van der Waals surface area contributed by atoms with Crippen molar-refractivity contribution in [1.29, 1.82) is 0 Å². The predicted molar refractivity (Wildman–Crippen MR) is 96.4 cm³/mol. The summed E-state index contributed by atoms with van der Waals surface area (Å²) < 4.78 is 13.6. The zero-order valence-electron chi connectivity index (χ0n) is 14.7. The fourth-order valence-corrected chi connectivity index (χ4v) is 3.12. The van der Waals surface area contributed by atoms with Gasteiger partial charge in [-0.15, -0.1) is 0 Å². The van der Waals surface area contributed by atoms with Crippen LogP contribution in [0.3, 0.4) is 0 Å². The lowest BCUT2D eigenvalue weighted by Gasteiger charge is -2.29. The number of nitrogens with one attached hydrogen (secondary N) is 1. The summed E-state index contributed by atoms with van der Waals surface area (Å²) in [5, 5.41) is 3.03. The molecule has 0 aliphatic rings. The molecule has 24 heavy (non-hydrogen) atoms. The van der Waals surface area contributed by atoms with Crippen molar-refractivity contribution in [3.8, 4) is 0 Å². The number of halogens is 1. The number of rotatable bonds is 7. The second-order valence-corrected chi connectivity index (χ2v) is 7.01. The van der Waals surface area contributed by atoms with Crippen molar-refractivity contribution < 1.29 is 9.18 Å². The van der Waals surface area contributed by atoms with Gasteiger partial charge in [-0.25, -0.2) is 4.39 Å². The number of amides is 1. The molecule has 0 saturated carbocycles. The molecule has 0 spiro atoms. The Kier molecular flexibility index (Phi) is 6.13. The smallest absolute Gasteiger partial charge is 0.220 e. The molecule has 2 aromatic carbocycles. The van der Waals surface area contributed by atoms with Crippen LogP contribution in [-0.2, 0) is 16.6 Å². The third-order valence-corrected chi connectivity index (χ3v) is 4.36. The molecule has 1 N–H and O–H groups in total. The Morgan fingerprint density at radius 3 is 2.38 bits per heavy atom. The second-order valence-electron chi connectivity index (χ2n) is 7.01. The highest BCUT2D eigenvalue weighted by molar-refractivity contribution is 5.76. The van der Waals surface area contributed by atoms with E-state index in [0.29, 0.717) is 18.4 Å². The molecule has 0 aromatic heterocycles. The van der Waals surface area contributed by atoms with Gasteiger partial charge in [0.05, 0.1) is 0 Å². The maximum Gasteiger partial charge on any atom is 0.220 e. The Labute approximate surface area is 144 Å². The summed E-state index contributed by atoms with van der Waals surface area (Å²) in [6.07, 6.45) is 1.58. The second kappa shape index (κ2) is 8.09. The quantitative estimate of drug-likeness (QED) is 0.789. The summed E-state index contributed by atoms with van der Waals surface area (Å²) in [7, 11) is 0. The van der Waals surface area contributed by atoms with Crippen LogP contribution < -0.4 is 5.32 Å². The molecule has 0 aliphatic heterocycles. The van der Waals surface area contributed by atoms with Crippen LogP contribution in [0.25, 0.3) is 0 Å². The minimum atomic E-state index is -0.247. The van der Waals surface area contributed by atoms with Crippen molar-refractivity contribution >= 4 is 5.91 Å². The molecule has 2 nitrogen and oxygen atoms in total. The Morgan fingerprint density at radius 1 is 1.08 bits per heavy atom. The van der Waals surface area contributed by atoms with E-state index in [9.17, 15) is 9.18 Å². The Morgan fingerprint density at radius 2 is 1.71 bits per heavy atom. The maximum atomic E-state index is 13.6. The zero-order valence-corrected chi connectivity index (χ0v) is 14.7. The lowest BCUT2D eigenvalue weighted by Crippen LogP contribution is -2.37. The standard InChI is InChI=1S/C21H26FNO/c1-16(15-21(2,3)18-10-5-4-6-11-18)23-20(24)14-13-17-9-7-8-12-19(17)22/h4-12,16H,13-15H2,1-3H3,(H,23,24)/t16-/m1/s1. The van der Waals surface area contributed by atoms with Crippen LogP contribution in [0.1, 0.15) is 44.7 Å². The third-order valence-electron chi connectivity index (χ3n) is 4.36. The molecule has 0 heterocycles. The van der Waals surface area contributed by atoms with Crippen molar-refractivity contribution in [2.24, 2.45) is 0 Å². The normalized spacial score (nSPS) is 12.7. The summed E-state index contributed by atoms with van der Waals surface area (Å²) >= 11 is 0. The van der Waals surface area contributed by atoms with Crippen LogP contribution in [0.4, 0.5) is 4.39 Å². The molecule has 2 rings (SSSR count). The SMILES string of the molecule is C[C@H](CC(C)(C)c1ccccc1)NC(=O)CCc1ccccc1F. The Hall–Kier alpha value is -2.16. The minimum absolute atomic E-state index is 0.0144.